The molecular weight excluding hydrogens is 382 g/mol. The molecule has 2 aromatic rings. The number of halogens is 1. The quantitative estimate of drug-likeness (QED) is 0.809. The standard InChI is InChI=1S/C15H12BrN3O3S/c1-8-7-17-15(23-8)18-12(20)4-5-19-13(21)10-3-2-9(16)6-11(10)14(19)22/h2-3,6-7H,4-5H2,1H3,(H,17,18,20). The van der Waals surface area contributed by atoms with Crippen LogP contribution in [0.2, 0.25) is 0 Å². The fraction of sp³-hybridized carbons (Fsp3) is 0.200. The molecule has 1 aromatic carbocycles. The van der Waals surface area contributed by atoms with E-state index in [2.05, 4.69) is 26.2 Å². The Morgan fingerprint density at radius 1 is 1.30 bits per heavy atom. The van der Waals surface area contributed by atoms with Crippen molar-refractivity contribution in [3.63, 3.8) is 0 Å². The first-order valence-corrected chi connectivity index (χ1v) is 8.44. The molecule has 1 aromatic heterocycles. The van der Waals surface area contributed by atoms with Crippen LogP contribution in [0.3, 0.4) is 0 Å². The molecule has 1 N–H and O–H groups in total. The lowest BCUT2D eigenvalue weighted by Crippen LogP contribution is -2.32. The third kappa shape index (κ3) is 3.18. The van der Waals surface area contributed by atoms with Crippen molar-refractivity contribution in [1.82, 2.24) is 9.88 Å². The Morgan fingerprint density at radius 2 is 2.04 bits per heavy atom. The van der Waals surface area contributed by atoms with E-state index in [9.17, 15) is 14.4 Å². The van der Waals surface area contributed by atoms with Gasteiger partial charge in [0.25, 0.3) is 11.8 Å². The Bertz CT molecular complexity index is 818. The second-order valence-electron chi connectivity index (χ2n) is 5.03. The average molecular weight is 394 g/mol. The van der Waals surface area contributed by atoms with Crippen LogP contribution in [0.4, 0.5) is 5.13 Å². The molecule has 0 spiro atoms. The van der Waals surface area contributed by atoms with Crippen LogP contribution in [0.1, 0.15) is 32.0 Å². The number of imide groups is 1. The maximum atomic E-state index is 12.3. The van der Waals surface area contributed by atoms with E-state index >= 15 is 0 Å². The zero-order valence-electron chi connectivity index (χ0n) is 12.1. The topological polar surface area (TPSA) is 79.4 Å². The fourth-order valence-electron chi connectivity index (χ4n) is 2.27. The lowest BCUT2D eigenvalue weighted by Gasteiger charge is -2.12. The monoisotopic (exact) mass is 393 g/mol. The molecular formula is C15H12BrN3O3S. The van der Waals surface area contributed by atoms with Crippen molar-refractivity contribution in [3.8, 4) is 0 Å². The first-order valence-electron chi connectivity index (χ1n) is 6.84. The summed E-state index contributed by atoms with van der Waals surface area (Å²) >= 11 is 4.65. The molecule has 118 valence electrons. The Morgan fingerprint density at radius 3 is 2.74 bits per heavy atom. The van der Waals surface area contributed by atoms with Gasteiger partial charge in [-0.25, -0.2) is 4.98 Å². The molecule has 6 nitrogen and oxygen atoms in total. The number of fused-ring (bicyclic) bond motifs is 1. The predicted molar refractivity (Wildman–Crippen MR) is 89.6 cm³/mol. The van der Waals surface area contributed by atoms with Gasteiger partial charge in [-0.15, -0.1) is 11.3 Å². The number of nitrogens with one attached hydrogen (secondary N) is 1. The first kappa shape index (κ1) is 15.8. The highest BCUT2D eigenvalue weighted by Gasteiger charge is 2.35. The van der Waals surface area contributed by atoms with Gasteiger partial charge in [-0.1, -0.05) is 15.9 Å². The van der Waals surface area contributed by atoms with E-state index in [-0.39, 0.29) is 30.7 Å². The highest BCUT2D eigenvalue weighted by molar-refractivity contribution is 9.10. The van der Waals surface area contributed by atoms with Crippen LogP contribution < -0.4 is 5.32 Å². The predicted octanol–water partition coefficient (Wildman–Crippen LogP) is 2.84. The first-order chi connectivity index (χ1) is 11.0. The number of amides is 3. The summed E-state index contributed by atoms with van der Waals surface area (Å²) in [6, 6.07) is 4.94. The molecule has 0 saturated carbocycles. The molecule has 0 atom stereocenters. The maximum Gasteiger partial charge on any atom is 0.261 e. The molecule has 0 unspecified atom stereocenters. The van der Waals surface area contributed by atoms with Crippen LogP contribution >= 0.6 is 27.3 Å². The number of rotatable bonds is 4. The van der Waals surface area contributed by atoms with E-state index in [1.54, 1.807) is 24.4 Å². The lowest BCUT2D eigenvalue weighted by atomic mass is 10.1. The summed E-state index contributed by atoms with van der Waals surface area (Å²) in [5.74, 6) is -1.02. The molecule has 0 bridgehead atoms. The third-order valence-electron chi connectivity index (χ3n) is 3.36. The molecule has 3 rings (SSSR count). The van der Waals surface area contributed by atoms with Crippen LogP contribution in [0.15, 0.2) is 28.9 Å². The molecule has 0 radical (unpaired) electrons. The maximum absolute atomic E-state index is 12.3. The molecule has 8 heteroatoms. The number of carbonyl (C=O) groups is 3. The van der Waals surface area contributed by atoms with Crippen LogP contribution in [0, 0.1) is 6.92 Å². The second kappa shape index (κ2) is 6.21. The van der Waals surface area contributed by atoms with E-state index in [0.717, 1.165) is 14.2 Å². The highest BCUT2D eigenvalue weighted by atomic mass is 79.9. The summed E-state index contributed by atoms with van der Waals surface area (Å²) < 4.78 is 0.733. The zero-order valence-corrected chi connectivity index (χ0v) is 14.5. The van der Waals surface area contributed by atoms with E-state index < -0.39 is 0 Å². The van der Waals surface area contributed by atoms with Gasteiger partial charge in [0.15, 0.2) is 5.13 Å². The SMILES string of the molecule is Cc1cnc(NC(=O)CCN2C(=O)c3ccc(Br)cc3C2=O)s1. The lowest BCUT2D eigenvalue weighted by molar-refractivity contribution is -0.116. The molecule has 1 aliphatic rings. The smallest absolute Gasteiger partial charge is 0.261 e. The molecule has 0 fully saturated rings. The van der Waals surface area contributed by atoms with Gasteiger partial charge in [-0.05, 0) is 25.1 Å². The van der Waals surface area contributed by atoms with E-state index in [0.29, 0.717) is 16.3 Å². The van der Waals surface area contributed by atoms with Crippen molar-refractivity contribution in [2.45, 2.75) is 13.3 Å². The summed E-state index contributed by atoms with van der Waals surface area (Å²) in [6.45, 7) is 1.93. The number of benzene rings is 1. The van der Waals surface area contributed by atoms with Crippen molar-refractivity contribution in [1.29, 1.82) is 0 Å². The number of hydrogen-bond donors (Lipinski definition) is 1. The molecule has 3 amide bonds. The van der Waals surface area contributed by atoms with Crippen LogP contribution in [0.25, 0.3) is 0 Å². The summed E-state index contributed by atoms with van der Waals surface area (Å²) in [5, 5.41) is 3.17. The molecule has 2 heterocycles. The second-order valence-corrected chi connectivity index (χ2v) is 7.18. The van der Waals surface area contributed by atoms with Gasteiger partial charge in [-0.3, -0.25) is 19.3 Å². The Kier molecular flexibility index (Phi) is 4.27. The van der Waals surface area contributed by atoms with Gasteiger partial charge in [0.2, 0.25) is 5.91 Å². The van der Waals surface area contributed by atoms with E-state index in [1.165, 1.54) is 11.3 Å². The minimum absolute atomic E-state index is 0.0330. The Balaban J connectivity index is 1.64. The normalized spacial score (nSPS) is 13.4. The Labute approximate surface area is 144 Å². The highest BCUT2D eigenvalue weighted by Crippen LogP contribution is 2.26. The number of aryl methyl sites for hydroxylation is 1. The number of anilines is 1. The summed E-state index contributed by atoms with van der Waals surface area (Å²) in [4.78, 5) is 42.6. The van der Waals surface area contributed by atoms with Gasteiger partial charge < -0.3 is 5.32 Å². The number of nitrogens with zero attached hydrogens (tertiary/aromatic N) is 2. The molecule has 1 aliphatic heterocycles. The van der Waals surface area contributed by atoms with Crippen molar-refractivity contribution in [2.24, 2.45) is 0 Å². The molecule has 23 heavy (non-hydrogen) atoms. The van der Waals surface area contributed by atoms with Gasteiger partial charge in [-0.2, -0.15) is 0 Å². The number of carbonyl (C=O) groups excluding carboxylic acids is 3. The van der Waals surface area contributed by atoms with Gasteiger partial charge in [0, 0.05) is 28.5 Å². The summed E-state index contributed by atoms with van der Waals surface area (Å²) in [6.07, 6.45) is 1.70. The van der Waals surface area contributed by atoms with Crippen molar-refractivity contribution in [2.75, 3.05) is 11.9 Å². The Hall–Kier alpha value is -2.06. The van der Waals surface area contributed by atoms with Crippen LogP contribution in [-0.4, -0.2) is 34.2 Å². The van der Waals surface area contributed by atoms with Gasteiger partial charge in [0.05, 0.1) is 11.1 Å². The number of aromatic nitrogens is 1. The van der Waals surface area contributed by atoms with E-state index in [1.807, 2.05) is 6.92 Å². The van der Waals surface area contributed by atoms with E-state index in [4.69, 9.17) is 0 Å². The minimum atomic E-state index is -0.371. The summed E-state index contributed by atoms with van der Waals surface area (Å²) in [7, 11) is 0. The van der Waals surface area contributed by atoms with Crippen LogP contribution in [-0.2, 0) is 4.79 Å². The zero-order chi connectivity index (χ0) is 16.6. The fourth-order valence-corrected chi connectivity index (χ4v) is 3.32. The number of thiazole rings is 1. The van der Waals surface area contributed by atoms with Crippen molar-refractivity contribution >= 4 is 50.1 Å². The molecule has 0 saturated heterocycles. The van der Waals surface area contributed by atoms with Gasteiger partial charge >= 0.3 is 0 Å². The average Bonchev–Trinajstić information content (AvgIpc) is 3.00. The third-order valence-corrected chi connectivity index (χ3v) is 4.68. The van der Waals surface area contributed by atoms with Crippen molar-refractivity contribution in [3.05, 3.63) is 44.9 Å². The minimum Gasteiger partial charge on any atom is -0.302 e. The number of hydrogen-bond acceptors (Lipinski definition) is 5. The van der Waals surface area contributed by atoms with Crippen molar-refractivity contribution < 1.29 is 14.4 Å². The van der Waals surface area contributed by atoms with Gasteiger partial charge in [0.1, 0.15) is 0 Å². The summed E-state index contributed by atoms with van der Waals surface area (Å²) in [5.41, 5.74) is 0.731. The largest absolute Gasteiger partial charge is 0.302 e. The van der Waals surface area contributed by atoms with Crippen LogP contribution in [0.5, 0.6) is 0 Å². The molecule has 0 aliphatic carbocycles.